The monoisotopic (exact) mass is 239 g/mol. The van der Waals surface area contributed by atoms with Gasteiger partial charge in [0, 0.05) is 13.0 Å². The van der Waals surface area contributed by atoms with Crippen molar-refractivity contribution >= 4 is 6.09 Å². The lowest BCUT2D eigenvalue weighted by Crippen LogP contribution is -2.38. The summed E-state index contributed by atoms with van der Waals surface area (Å²) in [5.41, 5.74) is 2.00. The van der Waals surface area contributed by atoms with Crippen molar-refractivity contribution in [1.82, 2.24) is 5.32 Å². The molecule has 5 heteroatoms. The van der Waals surface area contributed by atoms with Gasteiger partial charge in [0.2, 0.25) is 0 Å². The Hall–Kier alpha value is -1.49. The summed E-state index contributed by atoms with van der Waals surface area (Å²) in [6.45, 7) is 1.97. The van der Waals surface area contributed by atoms with Gasteiger partial charge in [0.1, 0.15) is 0 Å². The van der Waals surface area contributed by atoms with E-state index >= 15 is 0 Å². The number of carbonyl (C=O) groups excluding carboxylic acids is 1. The number of ether oxygens (including phenoxy) is 2. The van der Waals surface area contributed by atoms with E-state index in [1.807, 2.05) is 13.0 Å². The molecule has 0 radical (unpaired) electrons. The number of fused-ring (bicyclic) bond motifs is 1. The van der Waals surface area contributed by atoms with E-state index < -0.39 is 12.4 Å². The number of amides is 1. The standard InChI is InChI=1S/C12H17NO4/c1-7-6-16-11(17-12(15)13-2)10-8(5-14)3-4-9(7)10/h3,6,9-11,14H,4-5H2,1-2H3,(H,13,15). The van der Waals surface area contributed by atoms with Gasteiger partial charge in [-0.15, -0.1) is 0 Å². The Bertz CT molecular complexity index is 375. The van der Waals surface area contributed by atoms with Gasteiger partial charge in [-0.05, 0) is 24.5 Å². The minimum absolute atomic E-state index is 0.0224. The lowest BCUT2D eigenvalue weighted by Gasteiger charge is -2.33. The summed E-state index contributed by atoms with van der Waals surface area (Å²) in [5, 5.41) is 11.7. The molecule has 3 unspecified atom stereocenters. The molecule has 2 N–H and O–H groups in total. The molecule has 0 aromatic rings. The zero-order valence-corrected chi connectivity index (χ0v) is 9.97. The van der Waals surface area contributed by atoms with Gasteiger partial charge in [0.05, 0.1) is 18.8 Å². The summed E-state index contributed by atoms with van der Waals surface area (Å²) in [7, 11) is 1.50. The smallest absolute Gasteiger partial charge is 0.409 e. The maximum atomic E-state index is 11.2. The third-order valence-corrected chi connectivity index (χ3v) is 3.37. The number of carbonyl (C=O) groups is 1. The third-order valence-electron chi connectivity index (χ3n) is 3.37. The van der Waals surface area contributed by atoms with E-state index in [1.54, 1.807) is 6.26 Å². The maximum Gasteiger partial charge on any atom is 0.409 e. The molecule has 1 aliphatic heterocycles. The molecule has 3 atom stereocenters. The largest absolute Gasteiger partial charge is 0.462 e. The van der Waals surface area contributed by atoms with E-state index in [-0.39, 0.29) is 18.4 Å². The molecule has 1 aliphatic carbocycles. The van der Waals surface area contributed by atoms with E-state index in [1.165, 1.54) is 7.05 Å². The third kappa shape index (κ3) is 2.15. The lowest BCUT2D eigenvalue weighted by atomic mass is 9.84. The van der Waals surface area contributed by atoms with Crippen molar-refractivity contribution in [3.8, 4) is 0 Å². The van der Waals surface area contributed by atoms with Crippen molar-refractivity contribution in [2.45, 2.75) is 19.6 Å². The number of alkyl carbamates (subject to hydrolysis) is 1. The number of hydrogen-bond acceptors (Lipinski definition) is 4. The van der Waals surface area contributed by atoms with E-state index in [2.05, 4.69) is 5.32 Å². The Kier molecular flexibility index (Phi) is 3.38. The number of rotatable bonds is 2. The molecule has 0 saturated heterocycles. The van der Waals surface area contributed by atoms with Gasteiger partial charge in [-0.25, -0.2) is 4.79 Å². The molecule has 0 fully saturated rings. The molecule has 0 aromatic carbocycles. The van der Waals surface area contributed by atoms with Crippen LogP contribution >= 0.6 is 0 Å². The maximum absolute atomic E-state index is 11.2. The van der Waals surface area contributed by atoms with Crippen LogP contribution in [0, 0.1) is 11.8 Å². The quantitative estimate of drug-likeness (QED) is 0.709. The molecule has 0 spiro atoms. The summed E-state index contributed by atoms with van der Waals surface area (Å²) in [6, 6.07) is 0. The molecule has 94 valence electrons. The molecule has 5 nitrogen and oxygen atoms in total. The zero-order valence-electron chi connectivity index (χ0n) is 9.97. The first-order valence-corrected chi connectivity index (χ1v) is 5.67. The average molecular weight is 239 g/mol. The van der Waals surface area contributed by atoms with Crippen molar-refractivity contribution in [2.75, 3.05) is 13.7 Å². The van der Waals surface area contributed by atoms with Crippen molar-refractivity contribution in [2.24, 2.45) is 11.8 Å². The van der Waals surface area contributed by atoms with Gasteiger partial charge < -0.3 is 19.9 Å². The number of aliphatic hydroxyl groups is 1. The Morgan fingerprint density at radius 3 is 3.12 bits per heavy atom. The van der Waals surface area contributed by atoms with E-state index in [4.69, 9.17) is 9.47 Å². The van der Waals surface area contributed by atoms with Crippen LogP contribution < -0.4 is 5.32 Å². The first-order valence-electron chi connectivity index (χ1n) is 5.67. The van der Waals surface area contributed by atoms with Crippen molar-refractivity contribution in [3.63, 3.8) is 0 Å². The first-order chi connectivity index (χ1) is 8.17. The van der Waals surface area contributed by atoms with Crippen LogP contribution in [0.4, 0.5) is 4.79 Å². The first kappa shape index (κ1) is 12.0. The highest BCUT2D eigenvalue weighted by Gasteiger charge is 2.42. The zero-order chi connectivity index (χ0) is 12.4. The van der Waals surface area contributed by atoms with Crippen LogP contribution in [0.2, 0.25) is 0 Å². The Balaban J connectivity index is 2.17. The molecule has 2 aliphatic rings. The summed E-state index contributed by atoms with van der Waals surface area (Å²) in [4.78, 5) is 11.2. The van der Waals surface area contributed by atoms with Crippen LogP contribution in [0.25, 0.3) is 0 Å². The minimum Gasteiger partial charge on any atom is -0.462 e. The second-order valence-corrected chi connectivity index (χ2v) is 4.33. The van der Waals surface area contributed by atoms with Crippen molar-refractivity contribution < 1.29 is 19.4 Å². The average Bonchev–Trinajstić information content (AvgIpc) is 2.77. The van der Waals surface area contributed by atoms with Gasteiger partial charge in [-0.1, -0.05) is 6.08 Å². The van der Waals surface area contributed by atoms with Gasteiger partial charge in [-0.2, -0.15) is 0 Å². The molecular weight excluding hydrogens is 222 g/mol. The van der Waals surface area contributed by atoms with Gasteiger partial charge in [-0.3, -0.25) is 0 Å². The summed E-state index contributed by atoms with van der Waals surface area (Å²) in [6.07, 6.45) is 3.33. The number of nitrogens with one attached hydrogen (secondary N) is 1. The summed E-state index contributed by atoms with van der Waals surface area (Å²) in [5.74, 6) is 0.197. The second-order valence-electron chi connectivity index (χ2n) is 4.33. The predicted molar refractivity (Wildman–Crippen MR) is 60.9 cm³/mol. The highest BCUT2D eigenvalue weighted by molar-refractivity contribution is 5.66. The van der Waals surface area contributed by atoms with E-state index in [9.17, 15) is 9.90 Å². The number of hydrogen-bond donors (Lipinski definition) is 2. The lowest BCUT2D eigenvalue weighted by molar-refractivity contribution is -0.109. The van der Waals surface area contributed by atoms with Crippen LogP contribution in [0.1, 0.15) is 13.3 Å². The fraction of sp³-hybridized carbons (Fsp3) is 0.583. The fourth-order valence-electron chi connectivity index (χ4n) is 2.43. The van der Waals surface area contributed by atoms with Gasteiger partial charge >= 0.3 is 6.09 Å². The molecular formula is C12H17NO4. The molecule has 0 saturated carbocycles. The molecule has 17 heavy (non-hydrogen) atoms. The molecule has 0 aromatic heterocycles. The normalized spacial score (nSPS) is 30.9. The SMILES string of the molecule is CNC(=O)OC1OC=C(C)C2CC=C(CO)C12. The fourth-order valence-corrected chi connectivity index (χ4v) is 2.43. The van der Waals surface area contributed by atoms with Crippen molar-refractivity contribution in [3.05, 3.63) is 23.5 Å². The Morgan fingerprint density at radius 2 is 2.47 bits per heavy atom. The topological polar surface area (TPSA) is 67.8 Å². The second kappa shape index (κ2) is 4.79. The van der Waals surface area contributed by atoms with Crippen LogP contribution in [0.3, 0.4) is 0 Å². The highest BCUT2D eigenvalue weighted by atomic mass is 16.7. The van der Waals surface area contributed by atoms with Gasteiger partial charge in [0.15, 0.2) is 0 Å². The Morgan fingerprint density at radius 1 is 1.71 bits per heavy atom. The van der Waals surface area contributed by atoms with E-state index in [0.29, 0.717) is 0 Å². The highest BCUT2D eigenvalue weighted by Crippen LogP contribution is 2.42. The van der Waals surface area contributed by atoms with E-state index in [0.717, 1.165) is 17.6 Å². The van der Waals surface area contributed by atoms with Gasteiger partial charge in [0.25, 0.3) is 6.29 Å². The number of allylic oxidation sites excluding steroid dienone is 2. The van der Waals surface area contributed by atoms with Crippen LogP contribution in [-0.4, -0.2) is 31.1 Å². The van der Waals surface area contributed by atoms with Crippen LogP contribution in [0.5, 0.6) is 0 Å². The van der Waals surface area contributed by atoms with Crippen LogP contribution in [0.15, 0.2) is 23.5 Å². The molecule has 2 rings (SSSR count). The Labute approximate surface area is 100 Å². The molecule has 1 amide bonds. The summed E-state index contributed by atoms with van der Waals surface area (Å²) >= 11 is 0. The molecule has 0 bridgehead atoms. The predicted octanol–water partition coefficient (Wildman–Crippen LogP) is 1.16. The number of aliphatic hydroxyl groups excluding tert-OH is 1. The van der Waals surface area contributed by atoms with Crippen LogP contribution in [-0.2, 0) is 9.47 Å². The molecule has 1 heterocycles. The van der Waals surface area contributed by atoms with Crippen molar-refractivity contribution in [1.29, 1.82) is 0 Å². The summed E-state index contributed by atoms with van der Waals surface area (Å²) < 4.78 is 10.6. The minimum atomic E-state index is -0.649.